The van der Waals surface area contributed by atoms with Gasteiger partial charge in [0.2, 0.25) is 0 Å². The molecule has 0 saturated heterocycles. The molecule has 0 atom stereocenters. The molecule has 2 aromatic rings. The minimum atomic E-state index is -0.619. The lowest BCUT2D eigenvalue weighted by Crippen LogP contribution is -2.30. The molecule has 1 aromatic heterocycles. The largest absolute Gasteiger partial charge is 0.290 e. The summed E-state index contributed by atoms with van der Waals surface area (Å²) in [6.45, 7) is 0. The van der Waals surface area contributed by atoms with E-state index in [0.717, 1.165) is 0 Å². The number of pyridine rings is 1. The van der Waals surface area contributed by atoms with Gasteiger partial charge in [-0.25, -0.2) is 15.2 Å². The van der Waals surface area contributed by atoms with E-state index in [1.165, 1.54) is 18.3 Å². The van der Waals surface area contributed by atoms with Crippen LogP contribution in [-0.2, 0) is 0 Å². The Morgan fingerprint density at radius 1 is 1.28 bits per heavy atom. The van der Waals surface area contributed by atoms with Gasteiger partial charge in [0.1, 0.15) is 11.0 Å². The molecule has 18 heavy (non-hydrogen) atoms. The normalized spacial score (nSPS) is 10.2. The third-order valence-corrected chi connectivity index (χ3v) is 2.71. The van der Waals surface area contributed by atoms with Gasteiger partial charge in [0, 0.05) is 17.3 Å². The second kappa shape index (κ2) is 5.12. The highest BCUT2D eigenvalue weighted by Gasteiger charge is 2.18. The monoisotopic (exact) mass is 265 g/mol. The fraction of sp³-hybridized carbons (Fsp3) is 0. The van der Waals surface area contributed by atoms with Crippen LogP contribution < -0.4 is 11.3 Å². The van der Waals surface area contributed by atoms with E-state index < -0.39 is 11.7 Å². The van der Waals surface area contributed by atoms with Gasteiger partial charge in [0.15, 0.2) is 0 Å². The van der Waals surface area contributed by atoms with Crippen LogP contribution in [0.5, 0.6) is 0 Å². The maximum atomic E-state index is 13.7. The Labute approximate surface area is 108 Å². The molecule has 3 N–H and O–H groups in total. The number of amides is 1. The van der Waals surface area contributed by atoms with Gasteiger partial charge in [-0.05, 0) is 12.1 Å². The van der Waals surface area contributed by atoms with Crippen molar-refractivity contribution in [1.29, 1.82) is 0 Å². The van der Waals surface area contributed by atoms with E-state index in [0.29, 0.717) is 5.56 Å². The maximum Gasteiger partial charge on any atom is 0.268 e. The number of rotatable bonds is 2. The fourth-order valence-corrected chi connectivity index (χ4v) is 1.87. The van der Waals surface area contributed by atoms with Gasteiger partial charge in [-0.2, -0.15) is 0 Å². The highest BCUT2D eigenvalue weighted by molar-refractivity contribution is 6.33. The molecular weight excluding hydrogens is 257 g/mol. The number of aromatic nitrogens is 1. The third kappa shape index (κ3) is 2.18. The lowest BCUT2D eigenvalue weighted by molar-refractivity contribution is 0.0954. The molecule has 92 valence electrons. The number of nitrogens with one attached hydrogen (secondary N) is 1. The van der Waals surface area contributed by atoms with Crippen LogP contribution in [0.25, 0.3) is 11.1 Å². The number of nitrogen functional groups attached to an aromatic ring is 1. The molecule has 0 aliphatic heterocycles. The number of carbonyl (C=O) groups excluding carboxylic acids is 1. The molecule has 1 aromatic carbocycles. The first-order chi connectivity index (χ1) is 8.65. The molecule has 0 aliphatic carbocycles. The molecule has 0 spiro atoms. The van der Waals surface area contributed by atoms with E-state index in [1.54, 1.807) is 18.2 Å². The van der Waals surface area contributed by atoms with Crippen molar-refractivity contribution < 1.29 is 9.18 Å². The molecule has 0 fully saturated rings. The lowest BCUT2D eigenvalue weighted by Gasteiger charge is -2.10. The van der Waals surface area contributed by atoms with Crippen LogP contribution in [0.2, 0.25) is 5.15 Å². The summed E-state index contributed by atoms with van der Waals surface area (Å²) < 4.78 is 13.7. The average molecular weight is 266 g/mol. The van der Waals surface area contributed by atoms with Crippen molar-refractivity contribution in [3.05, 3.63) is 53.1 Å². The van der Waals surface area contributed by atoms with E-state index in [2.05, 4.69) is 4.98 Å². The molecule has 1 amide bonds. The van der Waals surface area contributed by atoms with Crippen molar-refractivity contribution in [2.75, 3.05) is 0 Å². The van der Waals surface area contributed by atoms with Crippen molar-refractivity contribution in [1.82, 2.24) is 10.4 Å². The quantitative estimate of drug-likeness (QED) is 0.378. The third-order valence-electron chi connectivity index (χ3n) is 2.43. The summed E-state index contributed by atoms with van der Waals surface area (Å²) in [6.07, 6.45) is 1.40. The zero-order chi connectivity index (χ0) is 13.1. The Balaban J connectivity index is 2.69. The van der Waals surface area contributed by atoms with Crippen LogP contribution in [0.1, 0.15) is 10.4 Å². The van der Waals surface area contributed by atoms with E-state index >= 15 is 0 Å². The summed E-state index contributed by atoms with van der Waals surface area (Å²) in [7, 11) is 0. The first-order valence-electron chi connectivity index (χ1n) is 5.05. The molecule has 0 saturated carbocycles. The number of nitrogens with zero attached hydrogens (tertiary/aromatic N) is 1. The summed E-state index contributed by atoms with van der Waals surface area (Å²) in [4.78, 5) is 15.4. The standard InChI is InChI=1S/C12H9ClFN3O/c13-11-10(12(18)17-15)8(5-6-16-11)7-3-1-2-4-9(7)14/h1-6H,15H2,(H,17,18). The van der Waals surface area contributed by atoms with Gasteiger partial charge in [-0.15, -0.1) is 0 Å². The Morgan fingerprint density at radius 3 is 2.67 bits per heavy atom. The molecule has 1 heterocycles. The second-order valence-electron chi connectivity index (χ2n) is 3.48. The number of hydrazine groups is 1. The Hall–Kier alpha value is -1.98. The minimum Gasteiger partial charge on any atom is -0.290 e. The number of carbonyl (C=O) groups is 1. The molecule has 2 rings (SSSR count). The SMILES string of the molecule is NNC(=O)c1c(-c2ccccc2F)ccnc1Cl. The molecule has 0 aliphatic rings. The predicted octanol–water partition coefficient (Wildman–Crippen LogP) is 2.14. The number of nitrogens with two attached hydrogens (primary N) is 1. The van der Waals surface area contributed by atoms with Gasteiger partial charge in [0.25, 0.3) is 5.91 Å². The molecule has 4 nitrogen and oxygen atoms in total. The lowest BCUT2D eigenvalue weighted by atomic mass is 10.0. The maximum absolute atomic E-state index is 13.7. The van der Waals surface area contributed by atoms with Gasteiger partial charge in [0.05, 0.1) is 5.56 Å². The topological polar surface area (TPSA) is 68.0 Å². The van der Waals surface area contributed by atoms with Crippen molar-refractivity contribution >= 4 is 17.5 Å². The van der Waals surface area contributed by atoms with Crippen molar-refractivity contribution in [2.45, 2.75) is 0 Å². The summed E-state index contributed by atoms with van der Waals surface area (Å²) in [5.74, 6) is 4.01. The van der Waals surface area contributed by atoms with E-state index in [-0.39, 0.29) is 16.3 Å². The first-order valence-corrected chi connectivity index (χ1v) is 5.43. The van der Waals surface area contributed by atoms with Crippen molar-refractivity contribution in [2.24, 2.45) is 5.84 Å². The number of hydrogen-bond acceptors (Lipinski definition) is 3. The number of halogens is 2. The summed E-state index contributed by atoms with van der Waals surface area (Å²) in [5, 5.41) is -0.0290. The molecular formula is C12H9ClFN3O. The predicted molar refractivity (Wildman–Crippen MR) is 66.3 cm³/mol. The summed E-state index contributed by atoms with van der Waals surface area (Å²) in [6, 6.07) is 7.58. The van der Waals surface area contributed by atoms with Gasteiger partial charge in [-0.3, -0.25) is 10.2 Å². The Morgan fingerprint density at radius 2 is 2.00 bits per heavy atom. The zero-order valence-electron chi connectivity index (χ0n) is 9.15. The zero-order valence-corrected chi connectivity index (χ0v) is 9.91. The van der Waals surface area contributed by atoms with Crippen molar-refractivity contribution in [3.63, 3.8) is 0 Å². The van der Waals surface area contributed by atoms with Crippen LogP contribution in [0.15, 0.2) is 36.5 Å². The molecule has 6 heteroatoms. The van der Waals surface area contributed by atoms with Gasteiger partial charge in [-0.1, -0.05) is 29.8 Å². The van der Waals surface area contributed by atoms with Crippen LogP contribution >= 0.6 is 11.6 Å². The highest BCUT2D eigenvalue weighted by Crippen LogP contribution is 2.29. The van der Waals surface area contributed by atoms with Crippen LogP contribution in [0.3, 0.4) is 0 Å². The average Bonchev–Trinajstić information content (AvgIpc) is 2.38. The molecule has 0 radical (unpaired) electrons. The summed E-state index contributed by atoms with van der Waals surface area (Å²) in [5.41, 5.74) is 2.62. The van der Waals surface area contributed by atoms with E-state index in [1.807, 2.05) is 5.43 Å². The number of hydrogen-bond donors (Lipinski definition) is 2. The fourth-order valence-electron chi connectivity index (χ4n) is 1.63. The second-order valence-corrected chi connectivity index (χ2v) is 3.84. The van der Waals surface area contributed by atoms with E-state index in [4.69, 9.17) is 17.4 Å². The first kappa shape index (κ1) is 12.5. The van der Waals surface area contributed by atoms with Crippen LogP contribution in [-0.4, -0.2) is 10.9 Å². The highest BCUT2D eigenvalue weighted by atomic mass is 35.5. The van der Waals surface area contributed by atoms with Crippen molar-refractivity contribution in [3.8, 4) is 11.1 Å². The smallest absolute Gasteiger partial charge is 0.268 e. The van der Waals surface area contributed by atoms with E-state index in [9.17, 15) is 9.18 Å². The summed E-state index contributed by atoms with van der Waals surface area (Å²) >= 11 is 5.86. The Kier molecular flexibility index (Phi) is 3.55. The molecule has 0 bridgehead atoms. The minimum absolute atomic E-state index is 0.0290. The van der Waals surface area contributed by atoms with Crippen LogP contribution in [0, 0.1) is 5.82 Å². The van der Waals surface area contributed by atoms with Crippen LogP contribution in [0.4, 0.5) is 4.39 Å². The van der Waals surface area contributed by atoms with Gasteiger partial charge < -0.3 is 0 Å². The molecule has 0 unspecified atom stereocenters. The Bertz CT molecular complexity index is 604. The number of benzene rings is 1. The van der Waals surface area contributed by atoms with Gasteiger partial charge >= 0.3 is 0 Å².